The number of hydrogen-bond acceptors (Lipinski definition) is 0. The molecule has 0 fully saturated rings. The van der Waals surface area contributed by atoms with Crippen LogP contribution < -0.4 is 0 Å². The van der Waals surface area contributed by atoms with Gasteiger partial charge in [0.15, 0.2) is 0 Å². The summed E-state index contributed by atoms with van der Waals surface area (Å²) in [6, 6.07) is 13.0. The van der Waals surface area contributed by atoms with E-state index in [4.69, 9.17) is 0 Å². The van der Waals surface area contributed by atoms with Crippen LogP contribution in [-0.2, 0) is 0 Å². The predicted molar refractivity (Wildman–Crippen MR) is 58.3 cm³/mol. The maximum atomic E-state index is 2.32. The Kier molecular flexibility index (Phi) is 2.39. The fraction of sp³-hybridized carbons (Fsp3) is 0.167. The number of hydrogen-bond donors (Lipinski definition) is 0. The second kappa shape index (κ2) is 3.53. The molecule has 0 aliphatic heterocycles. The van der Waals surface area contributed by atoms with E-state index in [0.717, 1.165) is 0 Å². The minimum absolute atomic E-state index is 0.602. The summed E-state index contributed by atoms with van der Waals surface area (Å²) in [7, 11) is 0. The second-order valence-corrected chi connectivity index (χ2v) is 6.26. The first-order valence-corrected chi connectivity index (χ1v) is 6.11. The topological polar surface area (TPSA) is 0 Å². The van der Waals surface area contributed by atoms with E-state index in [-0.39, 0.29) is 0 Å². The summed E-state index contributed by atoms with van der Waals surface area (Å²) in [5, 5.41) is 0. The third-order valence-electron chi connectivity index (χ3n) is 2.13. The fourth-order valence-corrected chi connectivity index (χ4v) is 3.52. The van der Waals surface area contributed by atoms with Gasteiger partial charge in [-0.25, -0.2) is 0 Å². The van der Waals surface area contributed by atoms with Crippen LogP contribution in [0.4, 0.5) is 0 Å². The molecule has 1 heterocycles. The van der Waals surface area contributed by atoms with Gasteiger partial charge in [-0.2, -0.15) is 0 Å². The predicted octanol–water partition coefficient (Wildman–Crippen LogP) is 3.03. The van der Waals surface area contributed by atoms with Crippen LogP contribution in [0.15, 0.2) is 36.4 Å². The van der Waals surface area contributed by atoms with E-state index in [1.165, 1.54) is 15.6 Å². The van der Waals surface area contributed by atoms with Gasteiger partial charge in [-0.15, -0.1) is 0 Å². The summed E-state index contributed by atoms with van der Waals surface area (Å²) in [6.45, 7) is 4.47. The molecule has 2 rings (SSSR count). The fourth-order valence-electron chi connectivity index (χ4n) is 1.54. The van der Waals surface area contributed by atoms with E-state index in [1.807, 2.05) is 0 Å². The van der Waals surface area contributed by atoms with Gasteiger partial charge < -0.3 is 0 Å². The average molecular weight is 235 g/mol. The molecule has 0 bridgehead atoms. The molecule has 0 unspecified atom stereocenters. The van der Waals surface area contributed by atoms with Crippen LogP contribution in [0, 0.1) is 13.8 Å². The zero-order chi connectivity index (χ0) is 9.26. The molecule has 0 aliphatic carbocycles. The summed E-state index contributed by atoms with van der Waals surface area (Å²) >= 11 is 0.602. The Bertz CT molecular complexity index is 398. The van der Waals surface area contributed by atoms with Gasteiger partial charge in [-0.05, 0) is 0 Å². The van der Waals surface area contributed by atoms with Gasteiger partial charge in [0.1, 0.15) is 0 Å². The molecular formula is C12H12Se. The van der Waals surface area contributed by atoms with Crippen molar-refractivity contribution < 1.29 is 0 Å². The Labute approximate surface area is 85.0 Å². The van der Waals surface area contributed by atoms with Crippen molar-refractivity contribution in [2.75, 3.05) is 0 Å². The Morgan fingerprint density at radius 2 is 1.69 bits per heavy atom. The van der Waals surface area contributed by atoms with Gasteiger partial charge in [0.2, 0.25) is 0 Å². The van der Waals surface area contributed by atoms with Crippen molar-refractivity contribution in [3.8, 4) is 11.1 Å². The molecule has 0 nitrogen and oxygen atoms in total. The van der Waals surface area contributed by atoms with Crippen molar-refractivity contribution >= 4 is 14.5 Å². The van der Waals surface area contributed by atoms with E-state index in [2.05, 4.69) is 50.2 Å². The normalized spacial score (nSPS) is 10.3. The molecule has 2 aromatic rings. The molecule has 0 spiro atoms. The third-order valence-corrected chi connectivity index (χ3v) is 4.15. The van der Waals surface area contributed by atoms with Crippen molar-refractivity contribution in [2.24, 2.45) is 0 Å². The van der Waals surface area contributed by atoms with Crippen molar-refractivity contribution in [3.63, 3.8) is 0 Å². The van der Waals surface area contributed by atoms with E-state index >= 15 is 0 Å². The maximum absolute atomic E-state index is 2.32. The van der Waals surface area contributed by atoms with Crippen LogP contribution in [-0.4, -0.2) is 14.5 Å². The van der Waals surface area contributed by atoms with Crippen molar-refractivity contribution in [2.45, 2.75) is 13.8 Å². The summed E-state index contributed by atoms with van der Waals surface area (Å²) in [6.07, 6.45) is 0. The Morgan fingerprint density at radius 1 is 1.00 bits per heavy atom. The summed E-state index contributed by atoms with van der Waals surface area (Å²) in [5.41, 5.74) is 2.80. The standard InChI is InChI=1S/C12H12Se/c1-9-8-12(10(2)13-9)11-6-4-3-5-7-11/h3-8H,1-2H3. The number of aryl methyl sites for hydroxylation is 2. The van der Waals surface area contributed by atoms with Gasteiger partial charge >= 0.3 is 84.8 Å². The molecule has 0 amide bonds. The first-order valence-electron chi connectivity index (χ1n) is 4.40. The molecule has 1 heteroatoms. The minimum atomic E-state index is 0.602. The van der Waals surface area contributed by atoms with E-state index in [0.29, 0.717) is 14.5 Å². The summed E-state index contributed by atoms with van der Waals surface area (Å²) < 4.78 is 3.08. The van der Waals surface area contributed by atoms with Crippen LogP contribution in [0.25, 0.3) is 11.1 Å². The van der Waals surface area contributed by atoms with Crippen LogP contribution in [0.3, 0.4) is 0 Å². The van der Waals surface area contributed by atoms with E-state index in [9.17, 15) is 0 Å². The first-order chi connectivity index (χ1) is 6.27. The molecule has 1 aromatic heterocycles. The van der Waals surface area contributed by atoms with E-state index in [1.54, 1.807) is 4.44 Å². The number of benzene rings is 1. The van der Waals surface area contributed by atoms with Crippen LogP contribution in [0.2, 0.25) is 0 Å². The monoisotopic (exact) mass is 236 g/mol. The molecule has 0 atom stereocenters. The van der Waals surface area contributed by atoms with Gasteiger partial charge in [0, 0.05) is 0 Å². The second-order valence-electron chi connectivity index (χ2n) is 3.19. The zero-order valence-electron chi connectivity index (χ0n) is 7.87. The van der Waals surface area contributed by atoms with Gasteiger partial charge in [-0.3, -0.25) is 0 Å². The molecule has 1 aromatic carbocycles. The van der Waals surface area contributed by atoms with Crippen molar-refractivity contribution in [1.29, 1.82) is 0 Å². The molecule has 0 N–H and O–H groups in total. The van der Waals surface area contributed by atoms with Crippen LogP contribution in [0.1, 0.15) is 8.87 Å². The van der Waals surface area contributed by atoms with Crippen LogP contribution >= 0.6 is 0 Å². The third kappa shape index (κ3) is 1.77. The van der Waals surface area contributed by atoms with Gasteiger partial charge in [-0.1, -0.05) is 0 Å². The molecule has 0 saturated carbocycles. The Morgan fingerprint density at radius 3 is 2.23 bits per heavy atom. The van der Waals surface area contributed by atoms with Crippen molar-refractivity contribution in [1.82, 2.24) is 0 Å². The quantitative estimate of drug-likeness (QED) is 0.666. The molecule has 66 valence electrons. The number of rotatable bonds is 1. The molecule has 13 heavy (non-hydrogen) atoms. The van der Waals surface area contributed by atoms with Crippen LogP contribution in [0.5, 0.6) is 0 Å². The zero-order valence-corrected chi connectivity index (χ0v) is 9.59. The van der Waals surface area contributed by atoms with Gasteiger partial charge in [0.25, 0.3) is 0 Å². The summed E-state index contributed by atoms with van der Waals surface area (Å²) in [4.78, 5) is 0. The molecule has 0 aliphatic rings. The molecule has 0 radical (unpaired) electrons. The Balaban J connectivity index is 2.53. The Hall–Kier alpha value is -0.781. The van der Waals surface area contributed by atoms with E-state index < -0.39 is 0 Å². The van der Waals surface area contributed by atoms with Crippen molar-refractivity contribution in [3.05, 3.63) is 45.3 Å². The summed E-state index contributed by atoms with van der Waals surface area (Å²) in [5.74, 6) is 0. The SMILES string of the molecule is Cc1cc(-c2ccccc2)c(C)[se]1. The van der Waals surface area contributed by atoms with Gasteiger partial charge in [0.05, 0.1) is 0 Å². The molecule has 0 saturated heterocycles. The average Bonchev–Trinajstić information content (AvgIpc) is 2.47. The first kappa shape index (κ1) is 8.80. The molecular weight excluding hydrogens is 223 g/mol.